The standard InChI is InChI=1S/C28H48O6/c1-6-31-23-25(32-18-14-9-7-8-13-17-26(29)30)22-28(4,5)34-20-19-33-27(2,3)21-24-15-11-10-12-16-24/h10-12,15-16,25H,6-9,13-14,17-23H2,1-5H3,(H,29,30). The van der Waals surface area contributed by atoms with Gasteiger partial charge in [-0.25, -0.2) is 0 Å². The topological polar surface area (TPSA) is 74.2 Å². The number of benzene rings is 1. The summed E-state index contributed by atoms with van der Waals surface area (Å²) in [5, 5.41) is 8.69. The van der Waals surface area contributed by atoms with Crippen LogP contribution >= 0.6 is 0 Å². The number of ether oxygens (including phenoxy) is 4. The van der Waals surface area contributed by atoms with Crippen molar-refractivity contribution in [2.45, 2.75) is 103 Å². The molecular formula is C28H48O6. The molecule has 0 bridgehead atoms. The Morgan fingerprint density at radius 3 is 2.15 bits per heavy atom. The van der Waals surface area contributed by atoms with Gasteiger partial charge in [0.05, 0.1) is 37.1 Å². The molecule has 0 fully saturated rings. The van der Waals surface area contributed by atoms with Crippen molar-refractivity contribution in [1.82, 2.24) is 0 Å². The summed E-state index contributed by atoms with van der Waals surface area (Å²) in [5.74, 6) is -0.714. The van der Waals surface area contributed by atoms with Crippen LogP contribution in [0.3, 0.4) is 0 Å². The molecule has 0 aliphatic carbocycles. The third-order valence-corrected chi connectivity index (χ3v) is 5.66. The zero-order chi connectivity index (χ0) is 25.3. The largest absolute Gasteiger partial charge is 0.481 e. The summed E-state index contributed by atoms with van der Waals surface area (Å²) >= 11 is 0. The minimum Gasteiger partial charge on any atom is -0.481 e. The van der Waals surface area contributed by atoms with Crippen molar-refractivity contribution in [2.75, 3.05) is 33.0 Å². The summed E-state index contributed by atoms with van der Waals surface area (Å²) in [5.41, 5.74) is 0.680. The second kappa shape index (κ2) is 17.0. The Morgan fingerprint density at radius 1 is 0.882 bits per heavy atom. The van der Waals surface area contributed by atoms with Gasteiger partial charge in [-0.2, -0.15) is 0 Å². The Balaban J connectivity index is 2.30. The highest BCUT2D eigenvalue weighted by atomic mass is 16.6. The monoisotopic (exact) mass is 480 g/mol. The molecule has 0 heterocycles. The number of aliphatic carboxylic acids is 1. The first-order chi connectivity index (χ1) is 16.1. The molecule has 0 aliphatic rings. The van der Waals surface area contributed by atoms with Gasteiger partial charge in [0.25, 0.3) is 0 Å². The smallest absolute Gasteiger partial charge is 0.303 e. The molecule has 1 rings (SSSR count). The minimum atomic E-state index is -0.714. The molecule has 196 valence electrons. The molecule has 6 nitrogen and oxygen atoms in total. The first-order valence-electron chi connectivity index (χ1n) is 12.9. The molecule has 1 N–H and O–H groups in total. The van der Waals surface area contributed by atoms with Crippen molar-refractivity contribution in [2.24, 2.45) is 0 Å². The lowest BCUT2D eigenvalue weighted by Gasteiger charge is -2.31. The summed E-state index contributed by atoms with van der Waals surface area (Å²) in [6, 6.07) is 10.4. The van der Waals surface area contributed by atoms with Crippen LogP contribution in [0.15, 0.2) is 30.3 Å². The van der Waals surface area contributed by atoms with E-state index in [-0.39, 0.29) is 23.7 Å². The quantitative estimate of drug-likeness (QED) is 0.216. The van der Waals surface area contributed by atoms with Gasteiger partial charge in [0.15, 0.2) is 0 Å². The van der Waals surface area contributed by atoms with Gasteiger partial charge in [0.1, 0.15) is 0 Å². The predicted octanol–water partition coefficient (Wildman–Crippen LogP) is 6.06. The second-order valence-corrected chi connectivity index (χ2v) is 10.1. The van der Waals surface area contributed by atoms with E-state index < -0.39 is 5.97 Å². The number of unbranched alkanes of at least 4 members (excludes halogenated alkanes) is 4. The van der Waals surface area contributed by atoms with Gasteiger partial charge in [-0.05, 0) is 53.0 Å². The maximum absolute atomic E-state index is 10.6. The van der Waals surface area contributed by atoms with Crippen molar-refractivity contribution in [3.05, 3.63) is 35.9 Å². The average molecular weight is 481 g/mol. The molecule has 6 heteroatoms. The van der Waals surface area contributed by atoms with Crippen LogP contribution in [0, 0.1) is 0 Å². The van der Waals surface area contributed by atoms with E-state index >= 15 is 0 Å². The van der Waals surface area contributed by atoms with Gasteiger partial charge < -0.3 is 24.1 Å². The van der Waals surface area contributed by atoms with Crippen molar-refractivity contribution >= 4 is 5.97 Å². The van der Waals surface area contributed by atoms with Crippen LogP contribution < -0.4 is 0 Å². The van der Waals surface area contributed by atoms with Gasteiger partial charge in [-0.1, -0.05) is 49.6 Å². The van der Waals surface area contributed by atoms with E-state index in [2.05, 4.69) is 52.0 Å². The molecule has 0 saturated carbocycles. The van der Waals surface area contributed by atoms with Crippen molar-refractivity contribution < 1.29 is 28.8 Å². The number of carbonyl (C=O) groups is 1. The van der Waals surface area contributed by atoms with Crippen LogP contribution in [0.4, 0.5) is 0 Å². The minimum absolute atomic E-state index is 0.0163. The van der Waals surface area contributed by atoms with Crippen LogP contribution in [0.5, 0.6) is 0 Å². The first kappa shape index (κ1) is 30.6. The molecule has 0 saturated heterocycles. The Kier molecular flexibility index (Phi) is 15.3. The van der Waals surface area contributed by atoms with Gasteiger partial charge in [0.2, 0.25) is 0 Å². The number of carboxylic acid groups (broad SMARTS) is 1. The zero-order valence-electron chi connectivity index (χ0n) is 22.1. The van der Waals surface area contributed by atoms with Crippen LogP contribution in [0.25, 0.3) is 0 Å². The van der Waals surface area contributed by atoms with Gasteiger partial charge in [-0.3, -0.25) is 4.79 Å². The highest BCUT2D eigenvalue weighted by molar-refractivity contribution is 5.66. The number of rotatable bonds is 21. The lowest BCUT2D eigenvalue weighted by molar-refractivity contribution is -0.137. The van der Waals surface area contributed by atoms with E-state index in [0.29, 0.717) is 33.0 Å². The van der Waals surface area contributed by atoms with E-state index in [1.54, 1.807) is 0 Å². The van der Waals surface area contributed by atoms with Crippen molar-refractivity contribution in [3.63, 3.8) is 0 Å². The van der Waals surface area contributed by atoms with E-state index in [9.17, 15) is 4.79 Å². The van der Waals surface area contributed by atoms with E-state index in [0.717, 1.165) is 44.9 Å². The van der Waals surface area contributed by atoms with Crippen LogP contribution in [-0.2, 0) is 30.2 Å². The molecule has 34 heavy (non-hydrogen) atoms. The normalized spacial score (nSPS) is 13.2. The molecule has 0 spiro atoms. The number of carboxylic acids is 1. The first-order valence-corrected chi connectivity index (χ1v) is 12.9. The fourth-order valence-electron chi connectivity index (χ4n) is 3.96. The highest BCUT2D eigenvalue weighted by Gasteiger charge is 2.26. The third kappa shape index (κ3) is 16.2. The molecule has 1 aromatic carbocycles. The summed E-state index contributed by atoms with van der Waals surface area (Å²) in [4.78, 5) is 10.6. The summed E-state index contributed by atoms with van der Waals surface area (Å²) in [6.45, 7) is 13.4. The molecule has 0 aliphatic heterocycles. The van der Waals surface area contributed by atoms with Crippen LogP contribution in [0.1, 0.15) is 85.1 Å². The van der Waals surface area contributed by atoms with Gasteiger partial charge in [0, 0.05) is 32.5 Å². The summed E-state index contributed by atoms with van der Waals surface area (Å²) in [6.07, 6.45) is 6.64. The molecule has 0 amide bonds. The summed E-state index contributed by atoms with van der Waals surface area (Å²) < 4.78 is 24.0. The van der Waals surface area contributed by atoms with Crippen molar-refractivity contribution in [1.29, 1.82) is 0 Å². The molecule has 1 unspecified atom stereocenters. The van der Waals surface area contributed by atoms with Crippen LogP contribution in [-0.4, -0.2) is 61.4 Å². The van der Waals surface area contributed by atoms with E-state index in [4.69, 9.17) is 24.1 Å². The summed E-state index contributed by atoms with van der Waals surface area (Å²) in [7, 11) is 0. The van der Waals surface area contributed by atoms with E-state index in [1.165, 1.54) is 5.56 Å². The molecular weight excluding hydrogens is 432 g/mol. The fraction of sp³-hybridized carbons (Fsp3) is 0.750. The Morgan fingerprint density at radius 2 is 1.50 bits per heavy atom. The molecule has 0 radical (unpaired) electrons. The maximum atomic E-state index is 10.6. The number of hydrogen-bond donors (Lipinski definition) is 1. The van der Waals surface area contributed by atoms with Gasteiger partial charge >= 0.3 is 5.97 Å². The average Bonchev–Trinajstić information content (AvgIpc) is 2.76. The predicted molar refractivity (Wildman–Crippen MR) is 136 cm³/mol. The lowest BCUT2D eigenvalue weighted by atomic mass is 9.98. The zero-order valence-corrected chi connectivity index (χ0v) is 22.1. The van der Waals surface area contributed by atoms with Crippen molar-refractivity contribution in [3.8, 4) is 0 Å². The van der Waals surface area contributed by atoms with E-state index in [1.807, 2.05) is 13.0 Å². The molecule has 1 aromatic rings. The van der Waals surface area contributed by atoms with Crippen LogP contribution in [0.2, 0.25) is 0 Å². The number of hydrogen-bond acceptors (Lipinski definition) is 5. The SMILES string of the molecule is CCOCC(CC(C)(C)OCCOC(C)(C)Cc1ccccc1)OCCCCCCCC(=O)O. The molecule has 1 atom stereocenters. The van der Waals surface area contributed by atoms with Gasteiger partial charge in [-0.15, -0.1) is 0 Å². The second-order valence-electron chi connectivity index (χ2n) is 10.1. The highest BCUT2D eigenvalue weighted by Crippen LogP contribution is 2.21. The fourth-order valence-corrected chi connectivity index (χ4v) is 3.96. The maximum Gasteiger partial charge on any atom is 0.303 e. The Bertz CT molecular complexity index is 644. The third-order valence-electron chi connectivity index (χ3n) is 5.66. The Hall–Kier alpha value is -1.47. The lowest BCUT2D eigenvalue weighted by Crippen LogP contribution is -2.36. The molecule has 0 aromatic heterocycles. The Labute approximate surface area is 207 Å².